The zero-order chi connectivity index (χ0) is 15.6. The highest BCUT2D eigenvalue weighted by Crippen LogP contribution is 2.21. The minimum Gasteiger partial charge on any atom is -0.364 e. The maximum atomic E-state index is 11.6. The minimum absolute atomic E-state index is 0.145. The van der Waals surface area contributed by atoms with Gasteiger partial charge in [0.15, 0.2) is 5.69 Å². The lowest BCUT2D eigenvalue weighted by Crippen LogP contribution is -2.21. The summed E-state index contributed by atoms with van der Waals surface area (Å²) in [4.78, 5) is 23.2. The molecule has 0 saturated heterocycles. The van der Waals surface area contributed by atoms with Crippen LogP contribution < -0.4 is 11.1 Å². The van der Waals surface area contributed by atoms with Crippen molar-refractivity contribution in [3.63, 3.8) is 0 Å². The molecule has 1 aromatic carbocycles. The molecule has 7 heteroatoms. The van der Waals surface area contributed by atoms with Gasteiger partial charge in [-0.15, -0.1) is 0 Å². The second kappa shape index (κ2) is 5.97. The summed E-state index contributed by atoms with van der Waals surface area (Å²) in [6.45, 7) is 1.86. The van der Waals surface area contributed by atoms with Crippen LogP contribution in [0.2, 0.25) is 5.02 Å². The number of primary amides is 1. The van der Waals surface area contributed by atoms with Crippen molar-refractivity contribution in [1.82, 2.24) is 15.1 Å². The van der Waals surface area contributed by atoms with Gasteiger partial charge < -0.3 is 11.1 Å². The smallest absolute Gasteiger partial charge is 0.271 e. The molecular formula is C14H15ClN4O2. The molecule has 6 nitrogen and oxygen atoms in total. The van der Waals surface area contributed by atoms with E-state index in [2.05, 4.69) is 10.4 Å². The van der Waals surface area contributed by atoms with Crippen LogP contribution in [-0.4, -0.2) is 28.6 Å². The van der Waals surface area contributed by atoms with Crippen molar-refractivity contribution in [3.05, 3.63) is 52.3 Å². The number of carbonyl (C=O) groups is 2. The number of hydrogen-bond acceptors (Lipinski definition) is 3. The predicted octanol–water partition coefficient (Wildman–Crippen LogP) is 1.60. The summed E-state index contributed by atoms with van der Waals surface area (Å²) >= 11 is 5.86. The molecule has 0 spiro atoms. The van der Waals surface area contributed by atoms with Crippen LogP contribution in [0, 0.1) is 0 Å². The van der Waals surface area contributed by atoms with Crippen molar-refractivity contribution in [2.45, 2.75) is 13.0 Å². The van der Waals surface area contributed by atoms with Crippen LogP contribution in [0.5, 0.6) is 0 Å². The third-order valence-corrected chi connectivity index (χ3v) is 3.42. The molecule has 0 aliphatic heterocycles. The first-order valence-corrected chi connectivity index (χ1v) is 6.68. The maximum Gasteiger partial charge on any atom is 0.271 e. The van der Waals surface area contributed by atoms with Gasteiger partial charge in [0.1, 0.15) is 5.69 Å². The fourth-order valence-electron chi connectivity index (χ4n) is 2.00. The summed E-state index contributed by atoms with van der Waals surface area (Å²) in [6, 6.07) is 8.29. The average molecular weight is 307 g/mol. The van der Waals surface area contributed by atoms with Gasteiger partial charge in [0, 0.05) is 18.1 Å². The normalized spacial score (nSPS) is 12.0. The number of nitrogens with two attached hydrogens (primary N) is 1. The lowest BCUT2D eigenvalue weighted by atomic mass is 10.1. The monoisotopic (exact) mass is 306 g/mol. The Kier molecular flexibility index (Phi) is 4.28. The van der Waals surface area contributed by atoms with E-state index < -0.39 is 5.91 Å². The van der Waals surface area contributed by atoms with Crippen molar-refractivity contribution in [2.24, 2.45) is 5.73 Å². The van der Waals surface area contributed by atoms with Crippen molar-refractivity contribution in [3.8, 4) is 0 Å². The molecule has 2 amide bonds. The van der Waals surface area contributed by atoms with Crippen molar-refractivity contribution in [1.29, 1.82) is 0 Å². The van der Waals surface area contributed by atoms with Gasteiger partial charge in [-0.1, -0.05) is 23.7 Å². The second-order valence-electron chi connectivity index (χ2n) is 4.53. The van der Waals surface area contributed by atoms with Gasteiger partial charge in [0.2, 0.25) is 0 Å². The Balaban J connectivity index is 2.46. The van der Waals surface area contributed by atoms with E-state index in [9.17, 15) is 9.59 Å². The summed E-state index contributed by atoms with van der Waals surface area (Å²) in [5.74, 6) is -1.02. The largest absolute Gasteiger partial charge is 0.364 e. The molecule has 2 aromatic rings. The van der Waals surface area contributed by atoms with E-state index in [0.717, 1.165) is 5.56 Å². The zero-order valence-electron chi connectivity index (χ0n) is 11.6. The van der Waals surface area contributed by atoms with Crippen LogP contribution in [-0.2, 0) is 0 Å². The van der Waals surface area contributed by atoms with Crippen LogP contribution in [0.3, 0.4) is 0 Å². The summed E-state index contributed by atoms with van der Waals surface area (Å²) in [5, 5.41) is 7.25. The van der Waals surface area contributed by atoms with E-state index in [4.69, 9.17) is 17.3 Å². The molecular weight excluding hydrogens is 292 g/mol. The SMILES string of the molecule is CNC(=O)c1cc(C(N)=O)n(C(C)c2ccc(Cl)cc2)n1. The molecule has 1 aromatic heterocycles. The second-order valence-corrected chi connectivity index (χ2v) is 4.97. The number of amides is 2. The number of aromatic nitrogens is 2. The Hall–Kier alpha value is -2.34. The van der Waals surface area contributed by atoms with Gasteiger partial charge in [0.25, 0.3) is 11.8 Å². The molecule has 21 heavy (non-hydrogen) atoms. The van der Waals surface area contributed by atoms with E-state index in [0.29, 0.717) is 5.02 Å². The van der Waals surface area contributed by atoms with Gasteiger partial charge in [0.05, 0.1) is 6.04 Å². The molecule has 0 fully saturated rings. The quantitative estimate of drug-likeness (QED) is 0.899. The molecule has 0 aliphatic rings. The standard InChI is InChI=1S/C14H15ClN4O2/c1-8(9-3-5-10(15)6-4-9)19-12(13(16)20)7-11(18-19)14(21)17-2/h3-8H,1-2H3,(H2,16,20)(H,17,21). The van der Waals surface area contributed by atoms with E-state index in [-0.39, 0.29) is 23.3 Å². The Morgan fingerprint density at radius 3 is 2.48 bits per heavy atom. The van der Waals surface area contributed by atoms with Crippen LogP contribution >= 0.6 is 11.6 Å². The summed E-state index contributed by atoms with van der Waals surface area (Å²) in [7, 11) is 1.49. The molecule has 110 valence electrons. The lowest BCUT2D eigenvalue weighted by Gasteiger charge is -2.15. The fraction of sp³-hybridized carbons (Fsp3) is 0.214. The van der Waals surface area contributed by atoms with Crippen molar-refractivity contribution in [2.75, 3.05) is 7.05 Å². The first-order valence-electron chi connectivity index (χ1n) is 6.31. The molecule has 0 aliphatic carbocycles. The van der Waals surface area contributed by atoms with Gasteiger partial charge in [-0.2, -0.15) is 5.10 Å². The number of benzene rings is 1. The van der Waals surface area contributed by atoms with Crippen LogP contribution in [0.25, 0.3) is 0 Å². The van der Waals surface area contributed by atoms with Gasteiger partial charge in [-0.05, 0) is 24.6 Å². The number of nitrogens with one attached hydrogen (secondary N) is 1. The lowest BCUT2D eigenvalue weighted by molar-refractivity contribution is 0.0955. The zero-order valence-corrected chi connectivity index (χ0v) is 12.4. The summed E-state index contributed by atoms with van der Waals surface area (Å²) < 4.78 is 1.44. The Morgan fingerprint density at radius 2 is 1.95 bits per heavy atom. The third kappa shape index (κ3) is 3.05. The molecule has 1 heterocycles. The number of carbonyl (C=O) groups excluding carboxylic acids is 2. The number of halogens is 1. The van der Waals surface area contributed by atoms with Crippen LogP contribution in [0.1, 0.15) is 39.5 Å². The summed E-state index contributed by atoms with van der Waals surface area (Å²) in [5.41, 5.74) is 6.58. The molecule has 3 N–H and O–H groups in total. The van der Waals surface area contributed by atoms with E-state index in [1.165, 1.54) is 17.8 Å². The first kappa shape index (κ1) is 15.1. The highest BCUT2D eigenvalue weighted by Gasteiger charge is 2.21. The van der Waals surface area contributed by atoms with E-state index >= 15 is 0 Å². The Labute approximate surface area is 126 Å². The van der Waals surface area contributed by atoms with Crippen molar-refractivity contribution < 1.29 is 9.59 Å². The third-order valence-electron chi connectivity index (χ3n) is 3.17. The van der Waals surface area contributed by atoms with Crippen LogP contribution in [0.4, 0.5) is 0 Å². The topological polar surface area (TPSA) is 90.0 Å². The number of hydrogen-bond donors (Lipinski definition) is 2. The molecule has 0 radical (unpaired) electrons. The summed E-state index contributed by atoms with van der Waals surface area (Å²) in [6.07, 6.45) is 0. The fourth-order valence-corrected chi connectivity index (χ4v) is 2.12. The number of rotatable bonds is 4. The minimum atomic E-state index is -0.640. The molecule has 1 unspecified atom stereocenters. The van der Waals surface area contributed by atoms with Gasteiger partial charge >= 0.3 is 0 Å². The molecule has 0 bridgehead atoms. The van der Waals surface area contributed by atoms with Crippen LogP contribution in [0.15, 0.2) is 30.3 Å². The molecule has 2 rings (SSSR count). The van der Waals surface area contributed by atoms with Gasteiger partial charge in [-0.25, -0.2) is 0 Å². The van der Waals surface area contributed by atoms with Crippen molar-refractivity contribution >= 4 is 23.4 Å². The predicted molar refractivity (Wildman–Crippen MR) is 79.4 cm³/mol. The van der Waals surface area contributed by atoms with Gasteiger partial charge in [-0.3, -0.25) is 14.3 Å². The van der Waals surface area contributed by atoms with E-state index in [1.54, 1.807) is 12.1 Å². The maximum absolute atomic E-state index is 11.6. The highest BCUT2D eigenvalue weighted by molar-refractivity contribution is 6.30. The Bertz CT molecular complexity index is 679. The Morgan fingerprint density at radius 1 is 1.33 bits per heavy atom. The first-order chi connectivity index (χ1) is 9.93. The highest BCUT2D eigenvalue weighted by atomic mass is 35.5. The van der Waals surface area contributed by atoms with E-state index in [1.807, 2.05) is 19.1 Å². The number of nitrogens with zero attached hydrogens (tertiary/aromatic N) is 2. The molecule has 0 saturated carbocycles. The molecule has 1 atom stereocenters. The average Bonchev–Trinajstić information content (AvgIpc) is 2.92.